The number of rotatable bonds is 1. The maximum absolute atomic E-state index is 2.37. The van der Waals surface area contributed by atoms with E-state index >= 15 is 0 Å². The Hall–Kier alpha value is -1.30. The molecule has 0 heteroatoms. The minimum Gasteiger partial charge on any atom is -0.0845 e. The molecule has 0 bridgehead atoms. The summed E-state index contributed by atoms with van der Waals surface area (Å²) in [5, 5.41) is 0. The van der Waals surface area contributed by atoms with E-state index in [4.69, 9.17) is 0 Å². The van der Waals surface area contributed by atoms with Gasteiger partial charge in [-0.2, -0.15) is 0 Å². The van der Waals surface area contributed by atoms with Crippen LogP contribution in [0.15, 0.2) is 58.7 Å². The van der Waals surface area contributed by atoms with Crippen LogP contribution in [-0.4, -0.2) is 0 Å². The summed E-state index contributed by atoms with van der Waals surface area (Å²) >= 11 is 0. The molecule has 0 spiro atoms. The van der Waals surface area contributed by atoms with Crippen molar-refractivity contribution in [3.05, 3.63) is 58.7 Å². The fourth-order valence-corrected chi connectivity index (χ4v) is 3.15. The van der Waals surface area contributed by atoms with Gasteiger partial charge < -0.3 is 0 Å². The Balaban J connectivity index is 2.17. The van der Waals surface area contributed by atoms with E-state index in [2.05, 4.69) is 50.3 Å². The topological polar surface area (TPSA) is 0 Å². The maximum atomic E-state index is 2.37. The fourth-order valence-electron chi connectivity index (χ4n) is 3.15. The zero-order valence-electron chi connectivity index (χ0n) is 13.8. The standard InChI is InChI=1S/C21H30/c1-18(2)19-12-9-10-15-21(17-11-16-19)20-13-7-5-3-4-6-8-14-20/h5,7,11,13,16-17H,3-4,6,8-10,12,14-15H2,1-2H3. The Kier molecular flexibility index (Phi) is 6.79. The summed E-state index contributed by atoms with van der Waals surface area (Å²) in [7, 11) is 0. The van der Waals surface area contributed by atoms with Gasteiger partial charge in [-0.1, -0.05) is 48.5 Å². The molecule has 2 aliphatic rings. The van der Waals surface area contributed by atoms with Crippen molar-refractivity contribution in [3.63, 3.8) is 0 Å². The maximum Gasteiger partial charge on any atom is -0.0276 e. The van der Waals surface area contributed by atoms with Gasteiger partial charge in [-0.05, 0) is 81.9 Å². The highest BCUT2D eigenvalue weighted by atomic mass is 14.1. The van der Waals surface area contributed by atoms with Crippen LogP contribution >= 0.6 is 0 Å². The first-order chi connectivity index (χ1) is 10.3. The van der Waals surface area contributed by atoms with Gasteiger partial charge in [-0.25, -0.2) is 0 Å². The molecule has 0 saturated carbocycles. The van der Waals surface area contributed by atoms with Gasteiger partial charge in [-0.15, -0.1) is 0 Å². The first-order valence-corrected chi connectivity index (χ1v) is 8.67. The molecule has 0 fully saturated rings. The van der Waals surface area contributed by atoms with Gasteiger partial charge >= 0.3 is 0 Å². The van der Waals surface area contributed by atoms with Gasteiger partial charge in [0.25, 0.3) is 0 Å². The molecule has 2 aliphatic carbocycles. The lowest BCUT2D eigenvalue weighted by Gasteiger charge is -2.11. The van der Waals surface area contributed by atoms with Gasteiger partial charge in [-0.3, -0.25) is 0 Å². The van der Waals surface area contributed by atoms with E-state index in [1.807, 2.05) is 0 Å². The van der Waals surface area contributed by atoms with Crippen LogP contribution in [0.4, 0.5) is 0 Å². The van der Waals surface area contributed by atoms with E-state index in [9.17, 15) is 0 Å². The molecule has 0 aromatic heterocycles. The summed E-state index contributed by atoms with van der Waals surface area (Å²) in [6.07, 6.45) is 25.6. The monoisotopic (exact) mass is 282 g/mol. The molecule has 0 radical (unpaired) electrons. The van der Waals surface area contributed by atoms with Gasteiger partial charge in [0, 0.05) is 0 Å². The van der Waals surface area contributed by atoms with Gasteiger partial charge in [0.2, 0.25) is 0 Å². The minimum atomic E-state index is 1.24. The minimum absolute atomic E-state index is 1.24. The van der Waals surface area contributed by atoms with Crippen LogP contribution in [0.3, 0.4) is 0 Å². The highest BCUT2D eigenvalue weighted by Crippen LogP contribution is 2.27. The lowest BCUT2D eigenvalue weighted by Crippen LogP contribution is -1.92. The molecule has 0 amide bonds. The Bertz CT molecular complexity index is 476. The zero-order chi connectivity index (χ0) is 14.9. The largest absolute Gasteiger partial charge is 0.0845 e. The highest BCUT2D eigenvalue weighted by molar-refractivity contribution is 5.38. The number of hydrogen-bond acceptors (Lipinski definition) is 0. The third-order valence-corrected chi connectivity index (χ3v) is 4.54. The Labute approximate surface area is 131 Å². The predicted octanol–water partition coefficient (Wildman–Crippen LogP) is 6.83. The van der Waals surface area contributed by atoms with Crippen molar-refractivity contribution in [3.8, 4) is 0 Å². The quantitative estimate of drug-likeness (QED) is 0.494. The zero-order valence-corrected chi connectivity index (χ0v) is 13.8. The highest BCUT2D eigenvalue weighted by Gasteiger charge is 2.07. The average Bonchev–Trinajstić information content (AvgIpc) is 2.68. The second-order valence-electron chi connectivity index (χ2n) is 6.50. The van der Waals surface area contributed by atoms with Crippen molar-refractivity contribution in [2.24, 2.45) is 0 Å². The predicted molar refractivity (Wildman–Crippen MR) is 94.4 cm³/mol. The van der Waals surface area contributed by atoms with Crippen LogP contribution < -0.4 is 0 Å². The number of allylic oxidation sites excluding steroid dienone is 10. The molecule has 0 heterocycles. The normalized spacial score (nSPS) is 21.1. The molecule has 0 N–H and O–H groups in total. The van der Waals surface area contributed by atoms with Crippen LogP contribution in [0.5, 0.6) is 0 Å². The van der Waals surface area contributed by atoms with E-state index < -0.39 is 0 Å². The molecule has 0 aromatic rings. The van der Waals surface area contributed by atoms with Crippen molar-refractivity contribution < 1.29 is 0 Å². The van der Waals surface area contributed by atoms with Crippen LogP contribution in [-0.2, 0) is 0 Å². The molecule has 2 rings (SSSR count). The van der Waals surface area contributed by atoms with Crippen LogP contribution in [0.2, 0.25) is 0 Å². The molecule has 21 heavy (non-hydrogen) atoms. The van der Waals surface area contributed by atoms with Crippen molar-refractivity contribution in [1.82, 2.24) is 0 Å². The van der Waals surface area contributed by atoms with E-state index in [0.29, 0.717) is 0 Å². The smallest absolute Gasteiger partial charge is 0.0276 e. The molecule has 0 atom stereocenters. The molecule has 0 aromatic carbocycles. The Morgan fingerprint density at radius 3 is 2.19 bits per heavy atom. The van der Waals surface area contributed by atoms with Crippen LogP contribution in [0.25, 0.3) is 0 Å². The Morgan fingerprint density at radius 1 is 0.762 bits per heavy atom. The lowest BCUT2D eigenvalue weighted by molar-refractivity contribution is 0.679. The summed E-state index contributed by atoms with van der Waals surface area (Å²) in [5.74, 6) is 0. The van der Waals surface area contributed by atoms with Gasteiger partial charge in [0.05, 0.1) is 0 Å². The van der Waals surface area contributed by atoms with Crippen molar-refractivity contribution >= 4 is 0 Å². The van der Waals surface area contributed by atoms with Crippen LogP contribution in [0.1, 0.15) is 71.6 Å². The molecular weight excluding hydrogens is 252 g/mol. The van der Waals surface area contributed by atoms with Gasteiger partial charge in [0.15, 0.2) is 0 Å². The van der Waals surface area contributed by atoms with E-state index in [0.717, 1.165) is 0 Å². The average molecular weight is 282 g/mol. The summed E-state index contributed by atoms with van der Waals surface area (Å²) < 4.78 is 0. The molecular formula is C21H30. The van der Waals surface area contributed by atoms with E-state index in [1.54, 1.807) is 11.1 Å². The summed E-state index contributed by atoms with van der Waals surface area (Å²) in [6, 6.07) is 0. The lowest BCUT2D eigenvalue weighted by atomic mass is 9.94. The first kappa shape index (κ1) is 16.1. The molecule has 0 aliphatic heterocycles. The second-order valence-corrected chi connectivity index (χ2v) is 6.50. The second kappa shape index (κ2) is 8.87. The van der Waals surface area contributed by atoms with E-state index in [-0.39, 0.29) is 0 Å². The molecule has 114 valence electrons. The summed E-state index contributed by atoms with van der Waals surface area (Å²) in [4.78, 5) is 0. The third-order valence-electron chi connectivity index (χ3n) is 4.54. The summed E-state index contributed by atoms with van der Waals surface area (Å²) in [6.45, 7) is 4.46. The Morgan fingerprint density at radius 2 is 1.43 bits per heavy atom. The fraction of sp³-hybridized carbons (Fsp3) is 0.524. The van der Waals surface area contributed by atoms with Crippen molar-refractivity contribution in [2.45, 2.75) is 71.6 Å². The van der Waals surface area contributed by atoms with Crippen LogP contribution in [0, 0.1) is 0 Å². The summed E-state index contributed by atoms with van der Waals surface area (Å²) in [5.41, 5.74) is 6.12. The van der Waals surface area contributed by atoms with E-state index in [1.165, 1.54) is 68.9 Å². The molecule has 0 nitrogen and oxygen atoms in total. The number of hydrogen-bond donors (Lipinski definition) is 0. The molecule has 0 saturated heterocycles. The van der Waals surface area contributed by atoms with Gasteiger partial charge in [0.1, 0.15) is 0 Å². The van der Waals surface area contributed by atoms with Crippen molar-refractivity contribution in [2.75, 3.05) is 0 Å². The molecule has 0 unspecified atom stereocenters. The third kappa shape index (κ3) is 5.53. The first-order valence-electron chi connectivity index (χ1n) is 8.67. The SMILES string of the molecule is CC(C)=C1C=CC=C(C2=CC=CCCCCC2)CCCC1. The van der Waals surface area contributed by atoms with Crippen molar-refractivity contribution in [1.29, 1.82) is 0 Å².